The van der Waals surface area contributed by atoms with Gasteiger partial charge in [-0.2, -0.15) is 0 Å². The third-order valence-electron chi connectivity index (χ3n) is 12.3. The van der Waals surface area contributed by atoms with Crippen molar-refractivity contribution in [1.82, 2.24) is 15.0 Å². The molecular formula is C51H39N3. The van der Waals surface area contributed by atoms with Crippen molar-refractivity contribution in [2.45, 2.75) is 38.5 Å². The van der Waals surface area contributed by atoms with Gasteiger partial charge in [-0.3, -0.25) is 0 Å². The van der Waals surface area contributed by atoms with Crippen LogP contribution in [0, 0.1) is 0 Å². The Morgan fingerprint density at radius 1 is 0.352 bits per heavy atom. The molecule has 0 aliphatic heterocycles. The highest BCUT2D eigenvalue weighted by molar-refractivity contribution is 6.19. The van der Waals surface area contributed by atoms with Crippen LogP contribution in [0.1, 0.15) is 38.8 Å². The second-order valence-corrected chi connectivity index (χ2v) is 15.6. The third kappa shape index (κ3) is 4.85. The lowest BCUT2D eigenvalue weighted by atomic mass is 9.54. The first-order chi connectivity index (χ1) is 26.3. The Hall–Kier alpha value is -6.45. The van der Waals surface area contributed by atoms with Gasteiger partial charge in [-0.05, 0) is 71.1 Å². The van der Waals surface area contributed by atoms with Crippen molar-refractivity contribution in [3.63, 3.8) is 0 Å². The fraction of sp³-hybridized carbons (Fsp3) is 0.118. The van der Waals surface area contributed by atoms with Gasteiger partial charge in [-0.15, -0.1) is 0 Å². The van der Waals surface area contributed by atoms with Gasteiger partial charge in [0, 0.05) is 22.1 Å². The summed E-state index contributed by atoms with van der Waals surface area (Å²) in [6, 6.07) is 58.6. The highest BCUT2D eigenvalue weighted by atomic mass is 15.0. The molecule has 8 aromatic carbocycles. The first kappa shape index (κ1) is 32.2. The number of hydrogen-bond donors (Lipinski definition) is 0. The lowest BCUT2D eigenvalue weighted by molar-refractivity contribution is 0.301. The molecule has 0 bridgehead atoms. The lowest BCUT2D eigenvalue weighted by Crippen LogP contribution is -2.43. The predicted molar refractivity (Wildman–Crippen MR) is 226 cm³/mol. The van der Waals surface area contributed by atoms with E-state index in [1.807, 2.05) is 60.7 Å². The molecule has 258 valence electrons. The maximum Gasteiger partial charge on any atom is 0.164 e. The van der Waals surface area contributed by atoms with E-state index in [0.29, 0.717) is 17.5 Å². The Labute approximate surface area is 316 Å². The van der Waals surface area contributed by atoms with Crippen LogP contribution in [0.5, 0.6) is 0 Å². The Morgan fingerprint density at radius 2 is 0.889 bits per heavy atom. The molecule has 0 N–H and O–H groups in total. The molecule has 0 spiro atoms. The summed E-state index contributed by atoms with van der Waals surface area (Å²) in [6.07, 6.45) is 0. The maximum absolute atomic E-state index is 4.99. The van der Waals surface area contributed by atoms with Crippen molar-refractivity contribution in [2.24, 2.45) is 0 Å². The van der Waals surface area contributed by atoms with Gasteiger partial charge >= 0.3 is 0 Å². The molecule has 0 amide bonds. The van der Waals surface area contributed by atoms with Crippen molar-refractivity contribution in [3.05, 3.63) is 175 Å². The summed E-state index contributed by atoms with van der Waals surface area (Å²) in [6.45, 7) is 9.74. The van der Waals surface area contributed by atoms with Gasteiger partial charge in [-0.25, -0.2) is 15.0 Å². The number of hydrogen-bond acceptors (Lipinski definition) is 3. The smallest absolute Gasteiger partial charge is 0.164 e. The van der Waals surface area contributed by atoms with Crippen LogP contribution >= 0.6 is 0 Å². The number of nitrogens with zero attached hydrogens (tertiary/aromatic N) is 3. The van der Waals surface area contributed by atoms with E-state index in [2.05, 4.69) is 131 Å². The third-order valence-corrected chi connectivity index (χ3v) is 12.3. The molecule has 0 fully saturated rings. The van der Waals surface area contributed by atoms with E-state index < -0.39 is 0 Å². The van der Waals surface area contributed by atoms with Gasteiger partial charge in [0.2, 0.25) is 0 Å². The minimum Gasteiger partial charge on any atom is -0.208 e. The Bertz CT molecular complexity index is 2850. The summed E-state index contributed by atoms with van der Waals surface area (Å²) in [7, 11) is 0. The molecule has 3 nitrogen and oxygen atoms in total. The normalized spacial score (nSPS) is 14.2. The van der Waals surface area contributed by atoms with Crippen LogP contribution in [0.4, 0.5) is 0 Å². The molecule has 0 atom stereocenters. The molecule has 3 heteroatoms. The van der Waals surface area contributed by atoms with Crippen LogP contribution in [0.15, 0.2) is 164 Å². The summed E-state index contributed by atoms with van der Waals surface area (Å²) in [4.78, 5) is 14.9. The van der Waals surface area contributed by atoms with Gasteiger partial charge in [0.25, 0.3) is 0 Å². The summed E-state index contributed by atoms with van der Waals surface area (Å²) < 4.78 is 0. The van der Waals surface area contributed by atoms with E-state index in [1.165, 1.54) is 65.7 Å². The molecule has 10 rings (SSSR count). The van der Waals surface area contributed by atoms with E-state index in [1.54, 1.807) is 0 Å². The standard InChI is InChI=1S/C51H39N3/c1-50(2)43-21-13-20-39(33-22-24-37(25-23-33)49-53-47(35-15-7-5-8-16-35)52-48(54-49)36-17-9-6-10-18-36)45(43)42-31-28-34-27-29-40-38-19-12-11-14-32(38)26-30-41(40)44(34)46(42)51(50,3)4/h5-31H,1-4H3. The van der Waals surface area contributed by atoms with Crippen LogP contribution in [0.25, 0.3) is 88.7 Å². The fourth-order valence-electron chi connectivity index (χ4n) is 8.76. The lowest BCUT2D eigenvalue weighted by Gasteiger charge is -2.49. The zero-order chi connectivity index (χ0) is 36.6. The highest BCUT2D eigenvalue weighted by Crippen LogP contribution is 2.58. The summed E-state index contributed by atoms with van der Waals surface area (Å²) in [5.41, 5.74) is 10.4. The largest absolute Gasteiger partial charge is 0.208 e. The van der Waals surface area contributed by atoms with Crippen LogP contribution in [-0.2, 0) is 10.8 Å². The van der Waals surface area contributed by atoms with Crippen LogP contribution in [0.2, 0.25) is 0 Å². The second-order valence-electron chi connectivity index (χ2n) is 15.6. The summed E-state index contributed by atoms with van der Waals surface area (Å²) in [5.74, 6) is 1.98. The fourth-order valence-corrected chi connectivity index (χ4v) is 8.76. The first-order valence-electron chi connectivity index (χ1n) is 18.8. The van der Waals surface area contributed by atoms with E-state index in [-0.39, 0.29) is 10.8 Å². The zero-order valence-electron chi connectivity index (χ0n) is 30.9. The van der Waals surface area contributed by atoms with Gasteiger partial charge < -0.3 is 0 Å². The highest BCUT2D eigenvalue weighted by Gasteiger charge is 2.47. The van der Waals surface area contributed by atoms with Crippen molar-refractivity contribution < 1.29 is 0 Å². The molecular weight excluding hydrogens is 655 g/mol. The molecule has 1 aliphatic carbocycles. The molecule has 9 aromatic rings. The average molecular weight is 694 g/mol. The molecule has 54 heavy (non-hydrogen) atoms. The predicted octanol–water partition coefficient (Wildman–Crippen LogP) is 13.2. The van der Waals surface area contributed by atoms with Gasteiger partial charge in [0.1, 0.15) is 0 Å². The summed E-state index contributed by atoms with van der Waals surface area (Å²) >= 11 is 0. The van der Waals surface area contributed by atoms with Crippen LogP contribution in [-0.4, -0.2) is 15.0 Å². The number of benzene rings is 8. The monoisotopic (exact) mass is 693 g/mol. The second kappa shape index (κ2) is 12.0. The number of aromatic nitrogens is 3. The average Bonchev–Trinajstić information content (AvgIpc) is 3.22. The Morgan fingerprint density at radius 3 is 1.56 bits per heavy atom. The van der Waals surface area contributed by atoms with E-state index in [9.17, 15) is 0 Å². The van der Waals surface area contributed by atoms with E-state index in [0.717, 1.165) is 16.7 Å². The van der Waals surface area contributed by atoms with E-state index >= 15 is 0 Å². The van der Waals surface area contributed by atoms with Crippen molar-refractivity contribution in [3.8, 4) is 56.4 Å². The first-order valence-corrected chi connectivity index (χ1v) is 18.8. The molecule has 0 unspecified atom stereocenters. The number of rotatable bonds is 4. The topological polar surface area (TPSA) is 38.7 Å². The Balaban J connectivity index is 1.16. The molecule has 1 aliphatic rings. The SMILES string of the molecule is CC1(C)c2cccc(-c3ccc(-c4nc(-c5ccccc5)nc(-c5ccccc5)n4)cc3)c2-c2ccc3ccc4c5ccccc5ccc4c3c2C1(C)C. The van der Waals surface area contributed by atoms with Crippen LogP contribution in [0.3, 0.4) is 0 Å². The molecule has 0 saturated carbocycles. The zero-order valence-corrected chi connectivity index (χ0v) is 30.9. The minimum absolute atomic E-state index is 0.148. The van der Waals surface area contributed by atoms with Gasteiger partial charge in [0.05, 0.1) is 0 Å². The Kier molecular flexibility index (Phi) is 7.19. The van der Waals surface area contributed by atoms with E-state index in [4.69, 9.17) is 15.0 Å². The molecule has 0 radical (unpaired) electrons. The molecule has 1 aromatic heterocycles. The van der Waals surface area contributed by atoms with Gasteiger partial charge in [0.15, 0.2) is 17.5 Å². The van der Waals surface area contributed by atoms with Crippen molar-refractivity contribution in [1.29, 1.82) is 0 Å². The van der Waals surface area contributed by atoms with Crippen molar-refractivity contribution in [2.75, 3.05) is 0 Å². The van der Waals surface area contributed by atoms with Crippen LogP contribution < -0.4 is 0 Å². The quantitative estimate of drug-likeness (QED) is 0.172. The summed E-state index contributed by atoms with van der Waals surface area (Å²) in [5, 5.41) is 7.85. The molecule has 1 heterocycles. The van der Waals surface area contributed by atoms with Crippen molar-refractivity contribution >= 4 is 32.3 Å². The minimum atomic E-state index is -0.150. The van der Waals surface area contributed by atoms with Gasteiger partial charge in [-0.1, -0.05) is 191 Å². The molecule has 0 saturated heterocycles. The number of fused-ring (bicyclic) bond motifs is 9. The maximum atomic E-state index is 4.99.